The number of hydrogen-bond acceptors (Lipinski definition) is 5. The lowest BCUT2D eigenvalue weighted by atomic mass is 9.98. The SMILES string of the molecule is O=C(O)COC1CN(C(=O)C2(CNC(=O)OCC3c4ccccc4-c4ccccc43)CC2)C1. The lowest BCUT2D eigenvalue weighted by Gasteiger charge is -2.40. The van der Waals surface area contributed by atoms with E-state index in [4.69, 9.17) is 14.6 Å². The number of hydrogen-bond donors (Lipinski definition) is 2. The first-order valence-electron chi connectivity index (χ1n) is 11.2. The van der Waals surface area contributed by atoms with E-state index in [0.29, 0.717) is 25.9 Å². The molecule has 2 aromatic carbocycles. The predicted molar refractivity (Wildman–Crippen MR) is 119 cm³/mol. The number of carboxylic acids is 1. The van der Waals surface area contributed by atoms with Gasteiger partial charge in [0.2, 0.25) is 5.91 Å². The van der Waals surface area contributed by atoms with E-state index in [2.05, 4.69) is 29.6 Å². The molecule has 0 atom stereocenters. The average Bonchev–Trinajstić information content (AvgIpc) is 3.52. The molecule has 3 aliphatic rings. The van der Waals surface area contributed by atoms with E-state index in [1.165, 1.54) is 11.1 Å². The Bertz CT molecular complexity index is 1040. The third-order valence-corrected chi connectivity index (χ3v) is 6.80. The van der Waals surface area contributed by atoms with Gasteiger partial charge in [0.25, 0.3) is 0 Å². The Morgan fingerprint density at radius 3 is 2.18 bits per heavy atom. The van der Waals surface area contributed by atoms with Gasteiger partial charge < -0.3 is 24.8 Å². The summed E-state index contributed by atoms with van der Waals surface area (Å²) in [7, 11) is 0. The lowest BCUT2D eigenvalue weighted by Crippen LogP contribution is -2.58. The third kappa shape index (κ3) is 4.18. The molecule has 0 radical (unpaired) electrons. The minimum Gasteiger partial charge on any atom is -0.480 e. The fraction of sp³-hybridized carbons (Fsp3) is 0.400. The van der Waals surface area contributed by atoms with Crippen LogP contribution in [0, 0.1) is 5.41 Å². The van der Waals surface area contributed by atoms with Gasteiger partial charge in [0, 0.05) is 25.6 Å². The number of alkyl carbamates (subject to hydrolysis) is 1. The second-order valence-electron chi connectivity index (χ2n) is 9.00. The highest BCUT2D eigenvalue weighted by molar-refractivity contribution is 5.87. The van der Waals surface area contributed by atoms with Crippen LogP contribution in [0.25, 0.3) is 11.1 Å². The average molecular weight is 450 g/mol. The topological polar surface area (TPSA) is 105 Å². The molecule has 2 aromatic rings. The highest BCUT2D eigenvalue weighted by atomic mass is 16.5. The zero-order valence-electron chi connectivity index (χ0n) is 18.2. The summed E-state index contributed by atoms with van der Waals surface area (Å²) >= 11 is 0. The fourth-order valence-electron chi connectivity index (χ4n) is 4.74. The van der Waals surface area contributed by atoms with Gasteiger partial charge in [-0.25, -0.2) is 9.59 Å². The summed E-state index contributed by atoms with van der Waals surface area (Å²) < 4.78 is 10.8. The molecule has 33 heavy (non-hydrogen) atoms. The van der Waals surface area contributed by atoms with Crippen molar-refractivity contribution in [2.24, 2.45) is 5.41 Å². The van der Waals surface area contributed by atoms with E-state index in [-0.39, 0.29) is 37.7 Å². The minimum absolute atomic E-state index is 0.0107. The van der Waals surface area contributed by atoms with Gasteiger partial charge in [0.05, 0.1) is 11.5 Å². The molecule has 1 saturated carbocycles. The first-order valence-corrected chi connectivity index (χ1v) is 11.2. The maximum absolute atomic E-state index is 12.8. The van der Waals surface area contributed by atoms with Crippen molar-refractivity contribution < 1.29 is 29.0 Å². The van der Waals surface area contributed by atoms with Gasteiger partial charge in [-0.05, 0) is 35.1 Å². The molecular weight excluding hydrogens is 424 g/mol. The smallest absolute Gasteiger partial charge is 0.407 e. The highest BCUT2D eigenvalue weighted by Crippen LogP contribution is 2.47. The van der Waals surface area contributed by atoms with E-state index in [1.807, 2.05) is 24.3 Å². The Morgan fingerprint density at radius 1 is 1.00 bits per heavy atom. The van der Waals surface area contributed by atoms with Crippen LogP contribution in [0.1, 0.15) is 29.9 Å². The number of benzene rings is 2. The van der Waals surface area contributed by atoms with Gasteiger partial charge in [0.15, 0.2) is 0 Å². The minimum atomic E-state index is -1.02. The standard InChI is InChI=1S/C25H26N2O6/c28-22(29)14-32-16-11-27(12-16)23(30)25(9-10-25)15-26-24(31)33-13-21-19-7-3-1-5-17(19)18-6-2-4-8-20(18)21/h1-8,16,21H,9-15H2,(H,26,31)(H,28,29). The molecule has 0 bridgehead atoms. The largest absolute Gasteiger partial charge is 0.480 e. The van der Waals surface area contributed by atoms with Crippen LogP contribution < -0.4 is 5.32 Å². The van der Waals surface area contributed by atoms with Crippen LogP contribution in [0.5, 0.6) is 0 Å². The van der Waals surface area contributed by atoms with Crippen LogP contribution in [0.2, 0.25) is 0 Å². The number of fused-ring (bicyclic) bond motifs is 3. The Balaban J connectivity index is 1.12. The summed E-state index contributed by atoms with van der Waals surface area (Å²) in [5.74, 6) is -1.05. The molecule has 8 heteroatoms. The van der Waals surface area contributed by atoms with E-state index >= 15 is 0 Å². The number of likely N-dealkylation sites (tertiary alicyclic amines) is 1. The first kappa shape index (κ1) is 21.5. The molecule has 2 aliphatic carbocycles. The van der Waals surface area contributed by atoms with Gasteiger partial charge in [-0.1, -0.05) is 48.5 Å². The molecule has 0 spiro atoms. The second-order valence-corrected chi connectivity index (χ2v) is 9.00. The second kappa shape index (κ2) is 8.51. The third-order valence-electron chi connectivity index (χ3n) is 6.80. The van der Waals surface area contributed by atoms with Crippen molar-refractivity contribution in [1.82, 2.24) is 10.2 Å². The number of ether oxygens (including phenoxy) is 2. The number of carbonyl (C=O) groups is 3. The molecule has 2 N–H and O–H groups in total. The molecule has 1 aliphatic heterocycles. The van der Waals surface area contributed by atoms with Crippen molar-refractivity contribution in [2.75, 3.05) is 32.8 Å². The van der Waals surface area contributed by atoms with Crippen LogP contribution in [-0.2, 0) is 19.1 Å². The van der Waals surface area contributed by atoms with E-state index in [9.17, 15) is 14.4 Å². The van der Waals surface area contributed by atoms with E-state index < -0.39 is 17.5 Å². The Morgan fingerprint density at radius 2 is 1.61 bits per heavy atom. The molecule has 1 saturated heterocycles. The predicted octanol–water partition coefficient (Wildman–Crippen LogP) is 2.62. The molecular formula is C25H26N2O6. The van der Waals surface area contributed by atoms with Gasteiger partial charge in [-0.2, -0.15) is 0 Å². The van der Waals surface area contributed by atoms with Crippen LogP contribution in [0.4, 0.5) is 4.79 Å². The molecule has 2 amide bonds. The number of aliphatic carboxylic acids is 1. The van der Waals surface area contributed by atoms with Crippen LogP contribution in [-0.4, -0.2) is 66.9 Å². The quantitative estimate of drug-likeness (QED) is 0.641. The Kier molecular flexibility index (Phi) is 5.54. The monoisotopic (exact) mass is 450 g/mol. The Hall–Kier alpha value is -3.39. The van der Waals surface area contributed by atoms with E-state index in [1.54, 1.807) is 4.90 Å². The highest BCUT2D eigenvalue weighted by Gasteiger charge is 2.53. The van der Waals surface area contributed by atoms with Gasteiger partial charge in [-0.3, -0.25) is 4.79 Å². The molecule has 0 aromatic heterocycles. The summed E-state index contributed by atoms with van der Waals surface area (Å²) in [6, 6.07) is 16.3. The number of carboxylic acid groups (broad SMARTS) is 1. The van der Waals surface area contributed by atoms with Gasteiger partial charge in [-0.15, -0.1) is 0 Å². The van der Waals surface area contributed by atoms with Crippen molar-refractivity contribution >= 4 is 18.0 Å². The van der Waals surface area contributed by atoms with Crippen molar-refractivity contribution in [3.63, 3.8) is 0 Å². The van der Waals surface area contributed by atoms with Crippen LogP contribution in [0.3, 0.4) is 0 Å². The summed E-state index contributed by atoms with van der Waals surface area (Å²) in [6.45, 7) is 0.883. The number of amides is 2. The molecule has 2 fully saturated rings. The summed E-state index contributed by atoms with van der Waals surface area (Å²) in [5, 5.41) is 11.4. The number of nitrogens with one attached hydrogen (secondary N) is 1. The fourth-order valence-corrected chi connectivity index (χ4v) is 4.74. The summed E-state index contributed by atoms with van der Waals surface area (Å²) in [5.41, 5.74) is 4.06. The van der Waals surface area contributed by atoms with Crippen LogP contribution in [0.15, 0.2) is 48.5 Å². The van der Waals surface area contributed by atoms with Gasteiger partial charge >= 0.3 is 12.1 Å². The number of rotatable bonds is 8. The number of nitrogens with zero attached hydrogens (tertiary/aromatic N) is 1. The van der Waals surface area contributed by atoms with Crippen molar-refractivity contribution in [2.45, 2.75) is 24.9 Å². The summed E-state index contributed by atoms with van der Waals surface area (Å²) in [4.78, 5) is 37.5. The van der Waals surface area contributed by atoms with Crippen molar-refractivity contribution in [3.05, 3.63) is 59.7 Å². The van der Waals surface area contributed by atoms with Crippen molar-refractivity contribution in [3.8, 4) is 11.1 Å². The Labute approximate surface area is 191 Å². The molecule has 1 heterocycles. The molecule has 0 unspecified atom stereocenters. The van der Waals surface area contributed by atoms with Crippen molar-refractivity contribution in [1.29, 1.82) is 0 Å². The maximum atomic E-state index is 12.8. The van der Waals surface area contributed by atoms with Crippen LogP contribution >= 0.6 is 0 Å². The zero-order chi connectivity index (χ0) is 23.0. The molecule has 8 nitrogen and oxygen atoms in total. The lowest BCUT2D eigenvalue weighted by molar-refractivity contribution is -0.157. The number of carbonyl (C=O) groups excluding carboxylic acids is 2. The maximum Gasteiger partial charge on any atom is 0.407 e. The first-order chi connectivity index (χ1) is 16.0. The van der Waals surface area contributed by atoms with E-state index in [0.717, 1.165) is 11.1 Å². The van der Waals surface area contributed by atoms with Gasteiger partial charge in [0.1, 0.15) is 13.2 Å². The summed E-state index contributed by atoms with van der Waals surface area (Å²) in [6.07, 6.45) is 0.664. The molecule has 172 valence electrons. The normalized spacial score (nSPS) is 18.1. The molecule has 5 rings (SSSR count). The zero-order valence-corrected chi connectivity index (χ0v) is 18.2.